The van der Waals surface area contributed by atoms with Crippen molar-refractivity contribution in [3.63, 3.8) is 0 Å². The van der Waals surface area contributed by atoms with E-state index in [4.69, 9.17) is 9.15 Å². The molecule has 0 saturated carbocycles. The van der Waals surface area contributed by atoms with Crippen molar-refractivity contribution >= 4 is 28.4 Å². The largest absolute Gasteiger partial charge is 0.465 e. The monoisotopic (exact) mass is 360 g/mol. The van der Waals surface area contributed by atoms with Crippen LogP contribution in [0.25, 0.3) is 11.0 Å². The van der Waals surface area contributed by atoms with E-state index in [1.807, 2.05) is 13.8 Å². The first kappa shape index (κ1) is 19.2. The highest BCUT2D eigenvalue weighted by atomic mass is 19.1. The van der Waals surface area contributed by atoms with Gasteiger partial charge in [0.25, 0.3) is 5.56 Å². The van der Waals surface area contributed by atoms with Crippen molar-refractivity contribution in [3.8, 4) is 0 Å². The lowest BCUT2D eigenvalue weighted by Crippen LogP contribution is -2.23. The molecule has 0 aliphatic rings. The molecule has 2 heterocycles. The number of halogens is 1. The van der Waals surface area contributed by atoms with Crippen LogP contribution in [0.4, 0.5) is 15.9 Å². The van der Waals surface area contributed by atoms with Crippen LogP contribution >= 0.6 is 0 Å². The molecule has 138 valence electrons. The van der Waals surface area contributed by atoms with Crippen LogP contribution in [-0.2, 0) is 11.8 Å². The summed E-state index contributed by atoms with van der Waals surface area (Å²) in [7, 11) is 2.70. The number of hydrogen-bond acceptors (Lipinski definition) is 5. The molecule has 26 heavy (non-hydrogen) atoms. The van der Waals surface area contributed by atoms with Crippen LogP contribution in [0.1, 0.15) is 29.8 Å². The van der Waals surface area contributed by atoms with Gasteiger partial charge in [-0.2, -0.15) is 0 Å². The molecule has 0 bridgehead atoms. The van der Waals surface area contributed by atoms with E-state index in [-0.39, 0.29) is 33.6 Å². The topological polar surface area (TPSA) is 73.5 Å². The predicted octanol–water partition coefficient (Wildman–Crippen LogP) is 4.14. The molecule has 6 nitrogen and oxygen atoms in total. The summed E-state index contributed by atoms with van der Waals surface area (Å²) < 4.78 is 25.4. The fourth-order valence-corrected chi connectivity index (χ4v) is 2.52. The lowest BCUT2D eigenvalue weighted by atomic mass is 10.1. The number of aromatic nitrogens is 1. The minimum absolute atomic E-state index is 0.0274. The van der Waals surface area contributed by atoms with Crippen molar-refractivity contribution in [2.24, 2.45) is 7.05 Å². The highest BCUT2D eigenvalue weighted by Crippen LogP contribution is 2.28. The molecule has 0 saturated heterocycles. The van der Waals surface area contributed by atoms with E-state index in [9.17, 15) is 14.0 Å². The lowest BCUT2D eigenvalue weighted by molar-refractivity contribution is 0.0602. The smallest absolute Gasteiger partial charge is 0.345 e. The van der Waals surface area contributed by atoms with Crippen molar-refractivity contribution < 1.29 is 18.3 Å². The first-order valence-electron chi connectivity index (χ1n) is 8.15. The number of fused-ring (bicyclic) bond motifs is 1. The van der Waals surface area contributed by atoms with E-state index < -0.39 is 11.8 Å². The van der Waals surface area contributed by atoms with Gasteiger partial charge in [-0.3, -0.25) is 9.36 Å². The number of benzene rings is 1. The molecule has 0 amide bonds. The molecule has 7 heteroatoms. The van der Waals surface area contributed by atoms with Gasteiger partial charge in [0.2, 0.25) is 0 Å². The minimum Gasteiger partial charge on any atom is -0.465 e. The van der Waals surface area contributed by atoms with Crippen molar-refractivity contribution in [2.45, 2.75) is 20.8 Å². The Labute approximate surface area is 150 Å². The molecule has 1 aromatic carbocycles. The number of nitrogens with one attached hydrogen (secondary N) is 1. The second kappa shape index (κ2) is 7.86. The number of anilines is 2. The molecule has 3 rings (SSSR count). The zero-order chi connectivity index (χ0) is 19.4. The first-order chi connectivity index (χ1) is 12.4. The van der Waals surface area contributed by atoms with Gasteiger partial charge in [0.05, 0.1) is 24.4 Å². The van der Waals surface area contributed by atoms with Gasteiger partial charge >= 0.3 is 5.97 Å². The van der Waals surface area contributed by atoms with Crippen LogP contribution in [0, 0.1) is 12.7 Å². The molecule has 0 aliphatic heterocycles. The Morgan fingerprint density at radius 1 is 1.27 bits per heavy atom. The molecular weight excluding hydrogens is 339 g/mol. The van der Waals surface area contributed by atoms with Gasteiger partial charge in [-0.25, -0.2) is 9.18 Å². The van der Waals surface area contributed by atoms with E-state index in [0.717, 1.165) is 5.56 Å². The average molecular weight is 360 g/mol. The van der Waals surface area contributed by atoms with Crippen LogP contribution in [0.3, 0.4) is 0 Å². The molecule has 3 aromatic rings. The van der Waals surface area contributed by atoms with Gasteiger partial charge < -0.3 is 14.5 Å². The van der Waals surface area contributed by atoms with E-state index in [1.165, 1.54) is 43.2 Å². The van der Waals surface area contributed by atoms with E-state index in [2.05, 4.69) is 5.32 Å². The molecule has 1 N–H and O–H groups in total. The number of esters is 1. The zero-order valence-electron chi connectivity index (χ0n) is 15.3. The lowest BCUT2D eigenvalue weighted by Gasteiger charge is -2.16. The number of methoxy groups -OCH3 is 1. The highest BCUT2D eigenvalue weighted by Gasteiger charge is 2.24. The molecule has 0 aliphatic carbocycles. The number of carbonyl (C=O) groups excluding carboxylic acids is 1. The standard InChI is InChI=1S/C17H15FN2O4.C2H6/c1-9-4-5-12(11(18)8-9)19-15-13(17(22)23-3)14-10(6-7-24-14)16(21)20(15)2;1-2/h4-8,19H,1-3H3;1-2H3. The zero-order valence-corrected chi connectivity index (χ0v) is 15.3. The summed E-state index contributed by atoms with van der Waals surface area (Å²) in [6.07, 6.45) is 1.31. The number of pyridine rings is 1. The number of aryl methyl sites for hydroxylation is 1. The number of carbonyl (C=O) groups is 1. The highest BCUT2D eigenvalue weighted by molar-refractivity contribution is 6.06. The van der Waals surface area contributed by atoms with Crippen LogP contribution in [0.15, 0.2) is 39.7 Å². The van der Waals surface area contributed by atoms with Gasteiger partial charge in [-0.05, 0) is 30.7 Å². The molecule has 0 unspecified atom stereocenters. The average Bonchev–Trinajstić information content (AvgIpc) is 3.12. The normalized spacial score (nSPS) is 10.2. The third-order valence-electron chi connectivity index (χ3n) is 3.77. The fraction of sp³-hybridized carbons (Fsp3) is 0.263. The van der Waals surface area contributed by atoms with Crippen molar-refractivity contribution in [1.29, 1.82) is 0 Å². The quantitative estimate of drug-likeness (QED) is 0.711. The number of nitrogens with zero attached hydrogens (tertiary/aromatic N) is 1. The first-order valence-corrected chi connectivity index (χ1v) is 8.15. The Balaban J connectivity index is 0.00000117. The summed E-state index contributed by atoms with van der Waals surface area (Å²) in [5.41, 5.74) is 0.634. The van der Waals surface area contributed by atoms with Gasteiger partial charge in [0.1, 0.15) is 17.2 Å². The van der Waals surface area contributed by atoms with Gasteiger partial charge in [-0.1, -0.05) is 19.9 Å². The molecule has 0 radical (unpaired) electrons. The van der Waals surface area contributed by atoms with Gasteiger partial charge in [-0.15, -0.1) is 0 Å². The second-order valence-corrected chi connectivity index (χ2v) is 5.35. The maximum absolute atomic E-state index is 14.1. The van der Waals surface area contributed by atoms with E-state index in [1.54, 1.807) is 13.0 Å². The maximum atomic E-state index is 14.1. The molecular formula is C19H21FN2O4. The van der Waals surface area contributed by atoms with Crippen LogP contribution in [-0.4, -0.2) is 17.6 Å². The van der Waals surface area contributed by atoms with Crippen molar-refractivity contribution in [1.82, 2.24) is 4.57 Å². The second-order valence-electron chi connectivity index (χ2n) is 5.35. The Morgan fingerprint density at radius 3 is 2.58 bits per heavy atom. The van der Waals surface area contributed by atoms with Gasteiger partial charge in [0.15, 0.2) is 5.58 Å². The summed E-state index contributed by atoms with van der Waals surface area (Å²) in [6, 6.07) is 6.07. The summed E-state index contributed by atoms with van der Waals surface area (Å²) >= 11 is 0. The number of hydrogen-bond donors (Lipinski definition) is 1. The van der Waals surface area contributed by atoms with Gasteiger partial charge in [0, 0.05) is 7.05 Å². The Morgan fingerprint density at radius 2 is 1.96 bits per heavy atom. The summed E-state index contributed by atoms with van der Waals surface area (Å²) in [5.74, 6) is -1.10. The fourth-order valence-electron chi connectivity index (χ4n) is 2.52. The molecule has 0 fully saturated rings. The third kappa shape index (κ3) is 3.33. The van der Waals surface area contributed by atoms with Crippen molar-refractivity contribution in [2.75, 3.05) is 12.4 Å². The number of ether oxygens (including phenoxy) is 1. The van der Waals surface area contributed by atoms with Crippen LogP contribution < -0.4 is 10.9 Å². The number of rotatable bonds is 3. The Bertz CT molecular complexity index is 1000. The summed E-state index contributed by atoms with van der Waals surface area (Å²) in [5, 5.41) is 3.04. The molecule has 0 spiro atoms. The molecule has 0 atom stereocenters. The predicted molar refractivity (Wildman–Crippen MR) is 98.6 cm³/mol. The third-order valence-corrected chi connectivity index (χ3v) is 3.77. The number of furan rings is 1. The van der Waals surface area contributed by atoms with Crippen LogP contribution in [0.2, 0.25) is 0 Å². The van der Waals surface area contributed by atoms with E-state index in [0.29, 0.717) is 0 Å². The Hall–Kier alpha value is -3.09. The summed E-state index contributed by atoms with van der Waals surface area (Å²) in [6.45, 7) is 5.76. The SMILES string of the molecule is CC.COC(=O)c1c(Nc2ccc(C)cc2F)n(C)c(=O)c2ccoc12. The van der Waals surface area contributed by atoms with Crippen LogP contribution in [0.5, 0.6) is 0 Å². The van der Waals surface area contributed by atoms with E-state index >= 15 is 0 Å². The van der Waals surface area contributed by atoms with Crippen molar-refractivity contribution in [3.05, 3.63) is 57.8 Å². The summed E-state index contributed by atoms with van der Waals surface area (Å²) in [4.78, 5) is 24.6. The minimum atomic E-state index is -0.694. The maximum Gasteiger partial charge on any atom is 0.345 e. The molecule has 2 aromatic heterocycles. The Kier molecular flexibility index (Phi) is 5.82.